The van der Waals surface area contributed by atoms with E-state index in [0.717, 1.165) is 0 Å². The molecule has 1 rings (SSSR count). The van der Waals surface area contributed by atoms with Crippen molar-refractivity contribution in [2.75, 3.05) is 0 Å². The molecular weight excluding hydrogens is 196 g/mol. The van der Waals surface area contributed by atoms with E-state index in [9.17, 15) is 9.59 Å². The van der Waals surface area contributed by atoms with Gasteiger partial charge in [0.1, 0.15) is 5.78 Å². The Kier molecular flexibility index (Phi) is 6.89. The zero-order valence-electron chi connectivity index (χ0n) is 9.50. The number of rotatable bonds is 2. The summed E-state index contributed by atoms with van der Waals surface area (Å²) >= 11 is 1.60. The van der Waals surface area contributed by atoms with Gasteiger partial charge in [-0.25, -0.2) is 0 Å². The second kappa shape index (κ2) is 7.04. The highest BCUT2D eigenvalue weighted by Crippen LogP contribution is 2.27. The van der Waals surface area contributed by atoms with Crippen molar-refractivity contribution in [3.63, 3.8) is 0 Å². The molecule has 0 bridgehead atoms. The molecule has 1 saturated carbocycles. The zero-order chi connectivity index (χ0) is 11.1. The van der Waals surface area contributed by atoms with Gasteiger partial charge in [0.25, 0.3) is 0 Å². The van der Waals surface area contributed by atoms with Crippen LogP contribution in [0.2, 0.25) is 0 Å². The number of hydrogen-bond acceptors (Lipinski definition) is 3. The summed E-state index contributed by atoms with van der Waals surface area (Å²) in [4.78, 5) is 21.9. The van der Waals surface area contributed by atoms with Gasteiger partial charge in [-0.1, -0.05) is 34.1 Å². The molecular formula is C11H20O2S. The van der Waals surface area contributed by atoms with Gasteiger partial charge in [0, 0.05) is 6.42 Å². The molecule has 1 aliphatic rings. The minimum Gasteiger partial charge on any atom is -0.299 e. The highest BCUT2D eigenvalue weighted by Gasteiger charge is 2.31. The quantitative estimate of drug-likeness (QED) is 0.666. The maximum absolute atomic E-state index is 11.1. The van der Waals surface area contributed by atoms with Crippen molar-refractivity contribution >= 4 is 23.3 Å². The zero-order valence-corrected chi connectivity index (χ0v) is 10.3. The van der Waals surface area contributed by atoms with Crippen molar-refractivity contribution in [2.45, 2.75) is 57.5 Å². The van der Waals surface area contributed by atoms with Gasteiger partial charge in [-0.2, -0.15) is 0 Å². The summed E-state index contributed by atoms with van der Waals surface area (Å²) in [5.41, 5.74) is 0. The molecule has 0 heterocycles. The van der Waals surface area contributed by atoms with Gasteiger partial charge in [0.05, 0.1) is 11.7 Å². The van der Waals surface area contributed by atoms with Gasteiger partial charge in [0.2, 0.25) is 0 Å². The monoisotopic (exact) mass is 216 g/mol. The fraction of sp³-hybridized carbons (Fsp3) is 0.818. The van der Waals surface area contributed by atoms with E-state index in [4.69, 9.17) is 0 Å². The molecule has 1 atom stereocenters. The average Bonchev–Trinajstić information content (AvgIpc) is 2.30. The Hall–Kier alpha value is -0.310. The lowest BCUT2D eigenvalue weighted by molar-refractivity contribution is -0.121. The van der Waals surface area contributed by atoms with Gasteiger partial charge in [-0.05, 0) is 5.25 Å². The molecule has 0 amide bonds. The second-order valence-corrected chi connectivity index (χ2v) is 5.55. The highest BCUT2D eigenvalue weighted by molar-refractivity contribution is 8.01. The van der Waals surface area contributed by atoms with E-state index in [2.05, 4.69) is 13.8 Å². The van der Waals surface area contributed by atoms with E-state index in [1.807, 2.05) is 13.8 Å². The van der Waals surface area contributed by atoms with Crippen LogP contribution in [0.15, 0.2) is 0 Å². The molecule has 0 aromatic rings. The number of carbonyl (C=O) groups excluding carboxylic acids is 2. The predicted octanol–water partition coefficient (Wildman–Crippen LogP) is 2.84. The minimum absolute atomic E-state index is 0.0394. The molecule has 1 unspecified atom stereocenters. The van der Waals surface area contributed by atoms with E-state index in [0.29, 0.717) is 11.7 Å². The van der Waals surface area contributed by atoms with Gasteiger partial charge >= 0.3 is 0 Å². The van der Waals surface area contributed by atoms with Gasteiger partial charge in [-0.15, -0.1) is 11.8 Å². The average molecular weight is 216 g/mol. The molecule has 1 aliphatic carbocycles. The van der Waals surface area contributed by atoms with Crippen molar-refractivity contribution in [1.29, 1.82) is 0 Å². The summed E-state index contributed by atoms with van der Waals surface area (Å²) in [6.07, 6.45) is 1.88. The van der Waals surface area contributed by atoms with E-state index < -0.39 is 0 Å². The molecule has 0 radical (unpaired) electrons. The topological polar surface area (TPSA) is 34.1 Å². The Morgan fingerprint density at radius 2 is 1.86 bits per heavy atom. The summed E-state index contributed by atoms with van der Waals surface area (Å²) in [6.45, 7) is 8.33. The first kappa shape index (κ1) is 13.7. The normalized spacial score (nSPS) is 21.1. The molecule has 0 N–H and O–H groups in total. The molecule has 3 heteroatoms. The maximum atomic E-state index is 11.1. The third kappa shape index (κ3) is 5.43. The SMILES string of the molecule is CC(C)SC1CC(=O)CC1=O.CCC. The molecule has 82 valence electrons. The first-order valence-electron chi connectivity index (χ1n) is 5.21. The highest BCUT2D eigenvalue weighted by atomic mass is 32.2. The Morgan fingerprint density at radius 3 is 2.14 bits per heavy atom. The maximum Gasteiger partial charge on any atom is 0.153 e. The summed E-state index contributed by atoms with van der Waals surface area (Å²) in [6, 6.07) is 0. The van der Waals surface area contributed by atoms with E-state index in [1.54, 1.807) is 11.8 Å². The molecule has 1 fully saturated rings. The van der Waals surface area contributed by atoms with Crippen molar-refractivity contribution in [3.8, 4) is 0 Å². The lowest BCUT2D eigenvalue weighted by Gasteiger charge is -2.08. The lowest BCUT2D eigenvalue weighted by Crippen LogP contribution is -2.11. The van der Waals surface area contributed by atoms with Gasteiger partial charge in [-0.3, -0.25) is 9.59 Å². The third-order valence-corrected chi connectivity index (χ3v) is 2.88. The molecule has 0 aromatic carbocycles. The fourth-order valence-corrected chi connectivity index (χ4v) is 2.33. The van der Waals surface area contributed by atoms with E-state index >= 15 is 0 Å². The van der Waals surface area contributed by atoms with E-state index in [1.165, 1.54) is 6.42 Å². The van der Waals surface area contributed by atoms with Crippen LogP contribution in [0.4, 0.5) is 0 Å². The van der Waals surface area contributed by atoms with Crippen molar-refractivity contribution in [1.82, 2.24) is 0 Å². The summed E-state index contributed by atoms with van der Waals surface area (Å²) in [5.74, 6) is 0.224. The molecule has 2 nitrogen and oxygen atoms in total. The first-order chi connectivity index (χ1) is 6.51. The molecule has 14 heavy (non-hydrogen) atoms. The standard InChI is InChI=1S/C8H12O2S.C3H8/c1-5(2)11-8-4-6(9)3-7(8)10;1-3-2/h5,8H,3-4H2,1-2H3;3H2,1-2H3. The van der Waals surface area contributed by atoms with Crippen LogP contribution in [-0.4, -0.2) is 22.1 Å². The van der Waals surface area contributed by atoms with Gasteiger partial charge < -0.3 is 0 Å². The van der Waals surface area contributed by atoms with Crippen molar-refractivity contribution < 1.29 is 9.59 Å². The smallest absolute Gasteiger partial charge is 0.153 e. The number of ketones is 2. The van der Waals surface area contributed by atoms with E-state index in [-0.39, 0.29) is 23.2 Å². The van der Waals surface area contributed by atoms with Crippen LogP contribution < -0.4 is 0 Å². The molecule has 0 saturated heterocycles. The van der Waals surface area contributed by atoms with Crippen LogP contribution >= 0.6 is 11.8 Å². The Bertz CT molecular complexity index is 199. The summed E-state index contributed by atoms with van der Waals surface area (Å²) in [5, 5.41) is 0.400. The van der Waals surface area contributed by atoms with Crippen LogP contribution in [0, 0.1) is 0 Å². The number of thioether (sulfide) groups is 1. The number of Topliss-reactive ketones (excluding diaryl/α,β-unsaturated/α-hetero) is 2. The van der Waals surface area contributed by atoms with Crippen LogP contribution in [0.3, 0.4) is 0 Å². The molecule has 0 spiro atoms. The van der Waals surface area contributed by atoms with Crippen molar-refractivity contribution in [3.05, 3.63) is 0 Å². The van der Waals surface area contributed by atoms with Crippen LogP contribution in [0.25, 0.3) is 0 Å². The Labute approximate surface area is 90.8 Å². The van der Waals surface area contributed by atoms with Crippen LogP contribution in [0.5, 0.6) is 0 Å². The molecule has 0 aliphatic heterocycles. The Balaban J connectivity index is 0.000000500. The number of carbonyl (C=O) groups is 2. The van der Waals surface area contributed by atoms with Gasteiger partial charge in [0.15, 0.2) is 5.78 Å². The number of hydrogen-bond donors (Lipinski definition) is 0. The largest absolute Gasteiger partial charge is 0.299 e. The van der Waals surface area contributed by atoms with Crippen LogP contribution in [0.1, 0.15) is 47.0 Å². The predicted molar refractivity (Wildman–Crippen MR) is 61.7 cm³/mol. The molecule has 0 aromatic heterocycles. The lowest BCUT2D eigenvalue weighted by atomic mass is 10.3. The first-order valence-corrected chi connectivity index (χ1v) is 6.15. The third-order valence-electron chi connectivity index (χ3n) is 1.58. The van der Waals surface area contributed by atoms with Crippen LogP contribution in [-0.2, 0) is 9.59 Å². The summed E-state index contributed by atoms with van der Waals surface area (Å²) < 4.78 is 0. The Morgan fingerprint density at radius 1 is 1.36 bits per heavy atom. The van der Waals surface area contributed by atoms with Crippen molar-refractivity contribution in [2.24, 2.45) is 0 Å². The second-order valence-electron chi connectivity index (χ2n) is 3.77. The fourth-order valence-electron chi connectivity index (χ4n) is 1.15. The minimum atomic E-state index is -0.0394. The summed E-state index contributed by atoms with van der Waals surface area (Å²) in [7, 11) is 0.